The molecule has 0 radical (unpaired) electrons. The molecule has 4 nitrogen and oxygen atoms in total. The molecule has 1 aliphatic carbocycles. The highest BCUT2D eigenvalue weighted by Crippen LogP contribution is 2.47. The van der Waals surface area contributed by atoms with Crippen molar-refractivity contribution in [2.24, 2.45) is 5.92 Å². The fraction of sp³-hybridized carbons (Fsp3) is 0.312. The number of nitrogens with one attached hydrogen (secondary N) is 1. The number of aliphatic hydroxyl groups is 1. The predicted molar refractivity (Wildman–Crippen MR) is 73.9 cm³/mol. The first-order valence-corrected chi connectivity index (χ1v) is 6.90. The average Bonchev–Trinajstić information content (AvgIpc) is 3.10. The summed E-state index contributed by atoms with van der Waals surface area (Å²) in [6.45, 7) is 0.00113. The van der Waals surface area contributed by atoms with Crippen LogP contribution in [-0.2, 0) is 4.79 Å². The summed E-state index contributed by atoms with van der Waals surface area (Å²) in [5.41, 5.74) is 0.191. The molecule has 1 fully saturated rings. The van der Waals surface area contributed by atoms with E-state index >= 15 is 0 Å². The van der Waals surface area contributed by atoms with Crippen LogP contribution in [0.3, 0.4) is 0 Å². The van der Waals surface area contributed by atoms with Gasteiger partial charge >= 0.3 is 0 Å². The van der Waals surface area contributed by atoms with Crippen LogP contribution in [0.1, 0.15) is 29.8 Å². The van der Waals surface area contributed by atoms with E-state index in [-0.39, 0.29) is 29.9 Å². The van der Waals surface area contributed by atoms with Crippen molar-refractivity contribution in [3.8, 4) is 0 Å². The van der Waals surface area contributed by atoms with Crippen LogP contribution in [0.5, 0.6) is 0 Å². The molecule has 1 heterocycles. The minimum Gasteiger partial charge on any atom is -0.469 e. The number of amides is 1. The van der Waals surface area contributed by atoms with Crippen molar-refractivity contribution < 1.29 is 18.7 Å². The molecule has 110 valence electrons. The average molecular weight is 289 g/mol. The second-order valence-electron chi connectivity index (χ2n) is 5.25. The molecule has 0 saturated heterocycles. The number of halogens is 1. The van der Waals surface area contributed by atoms with E-state index in [1.807, 2.05) is 6.07 Å². The summed E-state index contributed by atoms with van der Waals surface area (Å²) in [4.78, 5) is 12.0. The fourth-order valence-electron chi connectivity index (χ4n) is 2.49. The van der Waals surface area contributed by atoms with Gasteiger partial charge in [0.25, 0.3) is 0 Å². The number of benzene rings is 1. The Morgan fingerprint density at radius 1 is 1.38 bits per heavy atom. The van der Waals surface area contributed by atoms with Gasteiger partial charge in [-0.25, -0.2) is 4.39 Å². The molecule has 0 bridgehead atoms. The standard InChI is InChI=1S/C16H16FNO3/c17-13-5-2-1-4-10(13)14(19)9-18-16(20)12-8-11(12)15-6-3-7-21-15/h1-7,11-12,14,19H,8-9H2,(H,18,20). The van der Waals surface area contributed by atoms with E-state index in [2.05, 4.69) is 5.32 Å². The van der Waals surface area contributed by atoms with Crippen LogP contribution in [0, 0.1) is 11.7 Å². The molecule has 0 aliphatic heterocycles. The maximum Gasteiger partial charge on any atom is 0.223 e. The van der Waals surface area contributed by atoms with Gasteiger partial charge in [-0.05, 0) is 24.6 Å². The minimum atomic E-state index is -1.05. The van der Waals surface area contributed by atoms with E-state index in [4.69, 9.17) is 4.42 Å². The van der Waals surface area contributed by atoms with Gasteiger partial charge in [0.1, 0.15) is 11.6 Å². The number of furan rings is 1. The number of hydrogen-bond acceptors (Lipinski definition) is 3. The maximum absolute atomic E-state index is 13.5. The second kappa shape index (κ2) is 5.69. The van der Waals surface area contributed by atoms with Crippen molar-refractivity contribution >= 4 is 5.91 Å². The molecular weight excluding hydrogens is 273 g/mol. The molecule has 1 saturated carbocycles. The summed E-state index contributed by atoms with van der Waals surface area (Å²) >= 11 is 0. The molecule has 5 heteroatoms. The van der Waals surface area contributed by atoms with E-state index < -0.39 is 11.9 Å². The molecule has 3 unspecified atom stereocenters. The zero-order valence-electron chi connectivity index (χ0n) is 11.3. The summed E-state index contributed by atoms with van der Waals surface area (Å²) < 4.78 is 18.8. The number of aliphatic hydroxyl groups excluding tert-OH is 1. The van der Waals surface area contributed by atoms with Crippen LogP contribution in [-0.4, -0.2) is 17.6 Å². The first-order chi connectivity index (χ1) is 10.2. The van der Waals surface area contributed by atoms with Gasteiger partial charge in [0, 0.05) is 23.9 Å². The highest BCUT2D eigenvalue weighted by atomic mass is 19.1. The summed E-state index contributed by atoms with van der Waals surface area (Å²) in [7, 11) is 0. The summed E-state index contributed by atoms with van der Waals surface area (Å²) in [5.74, 6) is 0.199. The van der Waals surface area contributed by atoms with Crippen LogP contribution in [0.2, 0.25) is 0 Å². The Bertz CT molecular complexity index is 626. The van der Waals surface area contributed by atoms with Crippen LogP contribution < -0.4 is 5.32 Å². The maximum atomic E-state index is 13.5. The minimum absolute atomic E-state index is 0.00113. The molecule has 1 amide bonds. The lowest BCUT2D eigenvalue weighted by Crippen LogP contribution is -2.30. The molecule has 3 atom stereocenters. The SMILES string of the molecule is O=C(NCC(O)c1ccccc1F)C1CC1c1ccco1. The largest absolute Gasteiger partial charge is 0.469 e. The summed E-state index contributed by atoms with van der Waals surface area (Å²) in [5, 5.41) is 12.6. The van der Waals surface area contributed by atoms with Gasteiger partial charge in [0.2, 0.25) is 5.91 Å². The van der Waals surface area contributed by atoms with E-state index in [9.17, 15) is 14.3 Å². The Labute approximate surface area is 121 Å². The van der Waals surface area contributed by atoms with Gasteiger partial charge in [-0.1, -0.05) is 18.2 Å². The number of carbonyl (C=O) groups is 1. The molecule has 1 aromatic heterocycles. The van der Waals surface area contributed by atoms with Gasteiger partial charge in [0.05, 0.1) is 12.4 Å². The van der Waals surface area contributed by atoms with E-state index in [1.165, 1.54) is 12.1 Å². The molecule has 0 spiro atoms. The lowest BCUT2D eigenvalue weighted by Gasteiger charge is -2.12. The Morgan fingerprint density at radius 3 is 2.90 bits per heavy atom. The van der Waals surface area contributed by atoms with E-state index in [0.717, 1.165) is 12.2 Å². The second-order valence-corrected chi connectivity index (χ2v) is 5.25. The Morgan fingerprint density at radius 2 is 2.19 bits per heavy atom. The number of carbonyl (C=O) groups excluding carboxylic acids is 1. The van der Waals surface area contributed by atoms with Gasteiger partial charge in [-0.2, -0.15) is 0 Å². The Kier molecular flexibility index (Phi) is 3.75. The third-order valence-electron chi connectivity index (χ3n) is 3.77. The monoisotopic (exact) mass is 289 g/mol. The summed E-state index contributed by atoms with van der Waals surface area (Å²) in [6.07, 6.45) is 1.29. The highest BCUT2D eigenvalue weighted by Gasteiger charge is 2.45. The smallest absolute Gasteiger partial charge is 0.223 e. The van der Waals surface area contributed by atoms with Gasteiger partial charge < -0.3 is 14.8 Å². The van der Waals surface area contributed by atoms with Crippen molar-refractivity contribution in [1.29, 1.82) is 0 Å². The topological polar surface area (TPSA) is 62.5 Å². The van der Waals surface area contributed by atoms with Crippen LogP contribution in [0.4, 0.5) is 4.39 Å². The van der Waals surface area contributed by atoms with Crippen molar-refractivity contribution in [3.05, 3.63) is 59.8 Å². The Hall–Kier alpha value is -2.14. The van der Waals surface area contributed by atoms with Crippen molar-refractivity contribution in [2.75, 3.05) is 6.54 Å². The molecule has 2 aromatic rings. The van der Waals surface area contributed by atoms with Crippen LogP contribution >= 0.6 is 0 Å². The fourth-order valence-corrected chi connectivity index (χ4v) is 2.49. The van der Waals surface area contributed by atoms with Crippen LogP contribution in [0.25, 0.3) is 0 Å². The molecule has 1 aliphatic rings. The highest BCUT2D eigenvalue weighted by molar-refractivity contribution is 5.82. The molecule has 1 aromatic carbocycles. The van der Waals surface area contributed by atoms with Crippen molar-refractivity contribution in [1.82, 2.24) is 5.32 Å². The van der Waals surface area contributed by atoms with Crippen LogP contribution in [0.15, 0.2) is 47.1 Å². The zero-order valence-corrected chi connectivity index (χ0v) is 11.3. The number of rotatable bonds is 5. The predicted octanol–water partition coefficient (Wildman–Crippen LogP) is 2.37. The normalized spacial score (nSPS) is 21.8. The van der Waals surface area contributed by atoms with Crippen molar-refractivity contribution in [2.45, 2.75) is 18.4 Å². The third-order valence-corrected chi connectivity index (χ3v) is 3.77. The van der Waals surface area contributed by atoms with E-state index in [1.54, 1.807) is 24.5 Å². The quantitative estimate of drug-likeness (QED) is 0.888. The summed E-state index contributed by atoms with van der Waals surface area (Å²) in [6, 6.07) is 9.65. The van der Waals surface area contributed by atoms with Gasteiger partial charge in [-0.15, -0.1) is 0 Å². The van der Waals surface area contributed by atoms with E-state index in [0.29, 0.717) is 0 Å². The third kappa shape index (κ3) is 2.97. The first kappa shape index (κ1) is 13.8. The number of hydrogen-bond donors (Lipinski definition) is 2. The molecule has 21 heavy (non-hydrogen) atoms. The first-order valence-electron chi connectivity index (χ1n) is 6.90. The molecule has 3 rings (SSSR count). The zero-order chi connectivity index (χ0) is 14.8. The lowest BCUT2D eigenvalue weighted by atomic mass is 10.1. The van der Waals surface area contributed by atoms with Gasteiger partial charge in [-0.3, -0.25) is 4.79 Å². The van der Waals surface area contributed by atoms with Crippen molar-refractivity contribution in [3.63, 3.8) is 0 Å². The lowest BCUT2D eigenvalue weighted by molar-refractivity contribution is -0.122. The molecule has 2 N–H and O–H groups in total. The molecular formula is C16H16FNO3. The Balaban J connectivity index is 1.52. The van der Waals surface area contributed by atoms with Gasteiger partial charge in [0.15, 0.2) is 0 Å².